The van der Waals surface area contributed by atoms with E-state index in [2.05, 4.69) is 33.6 Å². The smallest absolute Gasteiger partial charge is 0.242 e. The summed E-state index contributed by atoms with van der Waals surface area (Å²) in [6, 6.07) is 14.2. The van der Waals surface area contributed by atoms with Gasteiger partial charge < -0.3 is 5.32 Å². The molecular weight excluding hydrogens is 264 g/mol. The Bertz CT molecular complexity index is 747. The zero-order valence-corrected chi connectivity index (χ0v) is 11.7. The van der Waals surface area contributed by atoms with E-state index in [9.17, 15) is 4.79 Å². The topological polar surface area (TPSA) is 59.8 Å². The fourth-order valence-electron chi connectivity index (χ4n) is 2.45. The monoisotopic (exact) mass is 280 g/mol. The molecule has 1 unspecified atom stereocenters. The molecule has 0 bridgehead atoms. The molecule has 21 heavy (non-hydrogen) atoms. The number of nitrogens with zero attached hydrogens (tertiary/aromatic N) is 3. The molecule has 5 nitrogen and oxygen atoms in total. The van der Waals surface area contributed by atoms with E-state index in [1.807, 2.05) is 31.2 Å². The first-order chi connectivity index (χ1) is 10.2. The van der Waals surface area contributed by atoms with E-state index in [4.69, 9.17) is 0 Å². The van der Waals surface area contributed by atoms with Crippen molar-refractivity contribution in [1.29, 1.82) is 0 Å². The molecule has 3 aromatic rings. The average molecular weight is 280 g/mol. The fourth-order valence-corrected chi connectivity index (χ4v) is 2.45. The Morgan fingerprint density at radius 2 is 2.05 bits per heavy atom. The van der Waals surface area contributed by atoms with Crippen LogP contribution in [-0.2, 0) is 11.3 Å². The number of hydrogen-bond acceptors (Lipinski definition) is 3. The van der Waals surface area contributed by atoms with Crippen LogP contribution >= 0.6 is 0 Å². The normalized spacial score (nSPS) is 12.2. The van der Waals surface area contributed by atoms with Crippen molar-refractivity contribution < 1.29 is 4.79 Å². The summed E-state index contributed by atoms with van der Waals surface area (Å²) in [5.74, 6) is -0.0825. The molecule has 106 valence electrons. The Hall–Kier alpha value is -2.69. The van der Waals surface area contributed by atoms with E-state index >= 15 is 0 Å². The van der Waals surface area contributed by atoms with Gasteiger partial charge in [0.05, 0.1) is 6.04 Å². The van der Waals surface area contributed by atoms with Crippen molar-refractivity contribution in [3.05, 3.63) is 60.7 Å². The molecule has 1 atom stereocenters. The molecule has 1 amide bonds. The van der Waals surface area contributed by atoms with E-state index in [0.29, 0.717) is 0 Å². The van der Waals surface area contributed by atoms with Crippen molar-refractivity contribution in [3.8, 4) is 0 Å². The second-order valence-electron chi connectivity index (χ2n) is 4.95. The summed E-state index contributed by atoms with van der Waals surface area (Å²) in [7, 11) is 0. The number of aromatic nitrogens is 3. The van der Waals surface area contributed by atoms with Crippen LogP contribution < -0.4 is 5.32 Å². The summed E-state index contributed by atoms with van der Waals surface area (Å²) in [5.41, 5.74) is 1.11. The minimum absolute atomic E-state index is 0.0629. The summed E-state index contributed by atoms with van der Waals surface area (Å²) in [6.07, 6.45) is 2.95. The molecule has 0 aliphatic heterocycles. The van der Waals surface area contributed by atoms with Gasteiger partial charge in [-0.2, -0.15) is 5.10 Å². The lowest BCUT2D eigenvalue weighted by atomic mass is 10.00. The van der Waals surface area contributed by atoms with Crippen LogP contribution in [0.5, 0.6) is 0 Å². The minimum atomic E-state index is -0.0825. The first-order valence-corrected chi connectivity index (χ1v) is 6.83. The molecule has 1 N–H and O–H groups in total. The van der Waals surface area contributed by atoms with Gasteiger partial charge in [0.25, 0.3) is 0 Å². The Morgan fingerprint density at radius 1 is 1.24 bits per heavy atom. The highest BCUT2D eigenvalue weighted by Gasteiger charge is 2.12. The van der Waals surface area contributed by atoms with Gasteiger partial charge in [0.15, 0.2) is 0 Å². The highest BCUT2D eigenvalue weighted by molar-refractivity contribution is 5.86. The molecule has 1 aromatic heterocycles. The van der Waals surface area contributed by atoms with Crippen molar-refractivity contribution in [2.45, 2.75) is 19.5 Å². The number of carbonyl (C=O) groups is 1. The SMILES string of the molecule is CC(NC(=O)Cn1cncn1)c1cccc2ccccc12. The predicted octanol–water partition coefficient (Wildman–Crippen LogP) is 2.31. The summed E-state index contributed by atoms with van der Waals surface area (Å²) in [4.78, 5) is 15.9. The average Bonchev–Trinajstić information content (AvgIpc) is 2.99. The molecule has 1 heterocycles. The molecule has 0 aliphatic rings. The molecule has 3 rings (SSSR count). The highest BCUT2D eigenvalue weighted by atomic mass is 16.2. The third-order valence-corrected chi connectivity index (χ3v) is 3.44. The van der Waals surface area contributed by atoms with Crippen LogP contribution in [0, 0.1) is 0 Å². The molecule has 5 heteroatoms. The van der Waals surface area contributed by atoms with Gasteiger partial charge in [-0.25, -0.2) is 9.67 Å². The second kappa shape index (κ2) is 5.75. The largest absolute Gasteiger partial charge is 0.348 e. The van der Waals surface area contributed by atoms with Crippen LogP contribution in [0.15, 0.2) is 55.1 Å². The minimum Gasteiger partial charge on any atom is -0.348 e. The van der Waals surface area contributed by atoms with Gasteiger partial charge in [-0.3, -0.25) is 4.79 Å². The van der Waals surface area contributed by atoms with Crippen molar-refractivity contribution in [2.24, 2.45) is 0 Å². The third kappa shape index (κ3) is 2.91. The lowest BCUT2D eigenvalue weighted by molar-refractivity contribution is -0.122. The number of rotatable bonds is 4. The Kier molecular flexibility index (Phi) is 3.64. The van der Waals surface area contributed by atoms with Crippen LogP contribution in [-0.4, -0.2) is 20.7 Å². The van der Waals surface area contributed by atoms with Crippen LogP contribution in [0.25, 0.3) is 10.8 Å². The number of carbonyl (C=O) groups excluding carboxylic acids is 1. The maximum absolute atomic E-state index is 12.0. The number of benzene rings is 2. The van der Waals surface area contributed by atoms with Crippen LogP contribution in [0.3, 0.4) is 0 Å². The Balaban J connectivity index is 1.77. The van der Waals surface area contributed by atoms with Crippen molar-refractivity contribution in [1.82, 2.24) is 20.1 Å². The van der Waals surface area contributed by atoms with Crippen molar-refractivity contribution >= 4 is 16.7 Å². The Labute approximate surface area is 122 Å². The fraction of sp³-hybridized carbons (Fsp3) is 0.188. The van der Waals surface area contributed by atoms with E-state index in [1.54, 1.807) is 0 Å². The first-order valence-electron chi connectivity index (χ1n) is 6.83. The third-order valence-electron chi connectivity index (χ3n) is 3.44. The number of nitrogens with one attached hydrogen (secondary N) is 1. The molecule has 0 saturated heterocycles. The molecule has 0 aliphatic carbocycles. The molecular formula is C16H16N4O. The van der Waals surface area contributed by atoms with Crippen LogP contribution in [0.1, 0.15) is 18.5 Å². The van der Waals surface area contributed by atoms with Gasteiger partial charge in [-0.1, -0.05) is 42.5 Å². The van der Waals surface area contributed by atoms with Gasteiger partial charge >= 0.3 is 0 Å². The van der Waals surface area contributed by atoms with Crippen LogP contribution in [0.2, 0.25) is 0 Å². The maximum atomic E-state index is 12.0. The molecule has 0 radical (unpaired) electrons. The predicted molar refractivity (Wildman–Crippen MR) is 80.5 cm³/mol. The lowest BCUT2D eigenvalue weighted by Gasteiger charge is -2.16. The maximum Gasteiger partial charge on any atom is 0.242 e. The molecule has 0 fully saturated rings. The highest BCUT2D eigenvalue weighted by Crippen LogP contribution is 2.23. The second-order valence-corrected chi connectivity index (χ2v) is 4.95. The zero-order valence-electron chi connectivity index (χ0n) is 11.7. The van der Waals surface area contributed by atoms with E-state index < -0.39 is 0 Å². The Morgan fingerprint density at radius 3 is 2.86 bits per heavy atom. The van der Waals surface area contributed by atoms with E-state index in [-0.39, 0.29) is 18.5 Å². The summed E-state index contributed by atoms with van der Waals surface area (Å²) in [5, 5.41) is 9.26. The van der Waals surface area contributed by atoms with Crippen LogP contribution in [0.4, 0.5) is 0 Å². The lowest BCUT2D eigenvalue weighted by Crippen LogP contribution is -2.30. The van der Waals surface area contributed by atoms with Gasteiger partial charge in [0.1, 0.15) is 19.2 Å². The standard InChI is InChI=1S/C16H16N4O/c1-12(19-16(21)9-20-11-17-10-18-20)14-8-4-6-13-5-2-3-7-15(13)14/h2-8,10-12H,9H2,1H3,(H,19,21). The zero-order chi connectivity index (χ0) is 14.7. The summed E-state index contributed by atoms with van der Waals surface area (Å²) >= 11 is 0. The first kappa shape index (κ1) is 13.3. The van der Waals surface area contributed by atoms with Gasteiger partial charge in [-0.15, -0.1) is 0 Å². The van der Waals surface area contributed by atoms with E-state index in [0.717, 1.165) is 10.9 Å². The number of hydrogen-bond donors (Lipinski definition) is 1. The number of fused-ring (bicyclic) bond motifs is 1. The molecule has 0 saturated carbocycles. The van der Waals surface area contributed by atoms with Gasteiger partial charge in [0, 0.05) is 0 Å². The summed E-state index contributed by atoms with van der Waals surface area (Å²) < 4.78 is 1.51. The van der Waals surface area contributed by atoms with Gasteiger partial charge in [0.2, 0.25) is 5.91 Å². The van der Waals surface area contributed by atoms with Crippen molar-refractivity contribution in [3.63, 3.8) is 0 Å². The molecule has 2 aromatic carbocycles. The summed E-state index contributed by atoms with van der Waals surface area (Å²) in [6.45, 7) is 2.16. The quantitative estimate of drug-likeness (QED) is 0.797. The molecule has 0 spiro atoms. The van der Waals surface area contributed by atoms with E-state index in [1.165, 1.54) is 22.7 Å². The van der Waals surface area contributed by atoms with Gasteiger partial charge in [-0.05, 0) is 23.3 Å². The number of amides is 1. The van der Waals surface area contributed by atoms with Crippen molar-refractivity contribution in [2.75, 3.05) is 0 Å².